The average molecular weight is 260 g/mol. The number of hydrogen-bond donors (Lipinski definition) is 1. The van der Waals surface area contributed by atoms with E-state index in [-0.39, 0.29) is 18.4 Å². The number of carbonyl (C=O) groups excluding carboxylic acids is 2. The molecule has 2 rings (SSSR count). The lowest BCUT2D eigenvalue weighted by atomic mass is 9.96. The normalized spacial score (nSPS) is 18.4. The summed E-state index contributed by atoms with van der Waals surface area (Å²) < 4.78 is 0. The van der Waals surface area contributed by atoms with E-state index in [4.69, 9.17) is 0 Å². The van der Waals surface area contributed by atoms with E-state index in [9.17, 15) is 9.59 Å². The lowest BCUT2D eigenvalue weighted by Crippen LogP contribution is -2.63. The smallest absolute Gasteiger partial charge is 0.245 e. The fourth-order valence-corrected chi connectivity index (χ4v) is 2.33. The Balaban J connectivity index is 2.32. The molecule has 102 valence electrons. The molecular formula is C15H20N2O2. The van der Waals surface area contributed by atoms with Crippen LogP contribution in [0.4, 0.5) is 0 Å². The quantitative estimate of drug-likeness (QED) is 0.877. The van der Waals surface area contributed by atoms with Crippen molar-refractivity contribution in [2.75, 3.05) is 6.54 Å². The summed E-state index contributed by atoms with van der Waals surface area (Å²) in [5, 5.41) is 2.63. The Morgan fingerprint density at radius 2 is 1.95 bits per heavy atom. The van der Waals surface area contributed by atoms with Crippen LogP contribution in [-0.4, -0.2) is 28.8 Å². The summed E-state index contributed by atoms with van der Waals surface area (Å²) in [6.45, 7) is 8.18. The molecule has 1 fully saturated rings. The van der Waals surface area contributed by atoms with Crippen molar-refractivity contribution in [3.8, 4) is 0 Å². The summed E-state index contributed by atoms with van der Waals surface area (Å²) in [7, 11) is 0. The van der Waals surface area contributed by atoms with E-state index in [1.54, 1.807) is 18.7 Å². The van der Waals surface area contributed by atoms with Crippen molar-refractivity contribution >= 4 is 11.8 Å². The minimum atomic E-state index is -0.800. The van der Waals surface area contributed by atoms with Gasteiger partial charge in [0.15, 0.2) is 0 Å². The number of aryl methyl sites for hydroxylation is 2. The van der Waals surface area contributed by atoms with Crippen LogP contribution in [0.15, 0.2) is 18.2 Å². The van der Waals surface area contributed by atoms with Gasteiger partial charge in [0.1, 0.15) is 5.54 Å². The van der Waals surface area contributed by atoms with Gasteiger partial charge >= 0.3 is 0 Å². The van der Waals surface area contributed by atoms with E-state index in [0.29, 0.717) is 6.54 Å². The summed E-state index contributed by atoms with van der Waals surface area (Å²) >= 11 is 0. The molecule has 0 atom stereocenters. The highest BCUT2D eigenvalue weighted by atomic mass is 16.2. The summed E-state index contributed by atoms with van der Waals surface area (Å²) in [6, 6.07) is 6.17. The molecule has 1 aliphatic heterocycles. The Labute approximate surface area is 113 Å². The zero-order chi connectivity index (χ0) is 14.2. The van der Waals surface area contributed by atoms with Gasteiger partial charge in [0.25, 0.3) is 0 Å². The first-order valence-corrected chi connectivity index (χ1v) is 6.47. The van der Waals surface area contributed by atoms with Crippen molar-refractivity contribution in [2.45, 2.75) is 39.8 Å². The molecule has 4 heteroatoms. The predicted octanol–water partition coefficient (Wildman–Crippen LogP) is 1.54. The number of benzene rings is 1. The van der Waals surface area contributed by atoms with Crippen LogP contribution in [0, 0.1) is 13.8 Å². The molecule has 1 aliphatic rings. The fraction of sp³-hybridized carbons (Fsp3) is 0.467. The number of piperazine rings is 1. The second kappa shape index (κ2) is 4.68. The molecule has 4 nitrogen and oxygen atoms in total. The first-order chi connectivity index (χ1) is 8.82. The van der Waals surface area contributed by atoms with Gasteiger partial charge < -0.3 is 10.2 Å². The monoisotopic (exact) mass is 260 g/mol. The molecule has 0 aromatic heterocycles. The van der Waals surface area contributed by atoms with Crippen molar-refractivity contribution in [3.05, 3.63) is 34.9 Å². The lowest BCUT2D eigenvalue weighted by Gasteiger charge is -2.41. The lowest BCUT2D eigenvalue weighted by molar-refractivity contribution is -0.152. The van der Waals surface area contributed by atoms with Crippen LogP contribution in [0.25, 0.3) is 0 Å². The van der Waals surface area contributed by atoms with Crippen LogP contribution in [0.3, 0.4) is 0 Å². The number of rotatable bonds is 2. The zero-order valence-electron chi connectivity index (χ0n) is 11.9. The predicted molar refractivity (Wildman–Crippen MR) is 73.6 cm³/mol. The van der Waals surface area contributed by atoms with E-state index in [1.165, 1.54) is 0 Å². The van der Waals surface area contributed by atoms with Gasteiger partial charge in [-0.1, -0.05) is 23.8 Å². The molecule has 1 aromatic carbocycles. The van der Waals surface area contributed by atoms with E-state index in [2.05, 4.69) is 17.4 Å². The molecule has 1 saturated heterocycles. The number of nitrogens with zero attached hydrogens (tertiary/aromatic N) is 1. The highest BCUT2D eigenvalue weighted by Crippen LogP contribution is 2.23. The first kappa shape index (κ1) is 13.6. The van der Waals surface area contributed by atoms with Crippen LogP contribution < -0.4 is 5.32 Å². The van der Waals surface area contributed by atoms with Crippen molar-refractivity contribution < 1.29 is 9.59 Å². The Bertz CT molecular complexity index is 535. The third-order valence-electron chi connectivity index (χ3n) is 3.76. The summed E-state index contributed by atoms with van der Waals surface area (Å²) in [5.41, 5.74) is 2.59. The highest BCUT2D eigenvalue weighted by Gasteiger charge is 2.41. The number of nitrogens with one attached hydrogen (secondary N) is 1. The minimum absolute atomic E-state index is 0.0366. The molecule has 2 amide bonds. The van der Waals surface area contributed by atoms with Gasteiger partial charge in [-0.25, -0.2) is 0 Å². The molecular weight excluding hydrogens is 240 g/mol. The Morgan fingerprint density at radius 1 is 1.26 bits per heavy atom. The van der Waals surface area contributed by atoms with Gasteiger partial charge in [0.05, 0.1) is 6.54 Å². The Hall–Kier alpha value is -1.84. The van der Waals surface area contributed by atoms with Gasteiger partial charge in [0.2, 0.25) is 11.8 Å². The maximum atomic E-state index is 12.1. The van der Waals surface area contributed by atoms with Gasteiger partial charge in [0, 0.05) is 6.54 Å². The van der Waals surface area contributed by atoms with Crippen molar-refractivity contribution in [2.24, 2.45) is 0 Å². The maximum Gasteiger partial charge on any atom is 0.245 e. The third kappa shape index (κ3) is 2.48. The van der Waals surface area contributed by atoms with Gasteiger partial charge in [-0.3, -0.25) is 9.59 Å². The number of amides is 2. The average Bonchev–Trinajstić information content (AvgIpc) is 2.34. The summed E-state index contributed by atoms with van der Waals surface area (Å²) in [6.07, 6.45) is 0. The largest absolute Gasteiger partial charge is 0.345 e. The van der Waals surface area contributed by atoms with Crippen molar-refractivity contribution in [1.29, 1.82) is 0 Å². The topological polar surface area (TPSA) is 49.4 Å². The summed E-state index contributed by atoms with van der Waals surface area (Å²) in [5.74, 6) is -0.136. The SMILES string of the molecule is Cc1ccc(C)c(CN2C(=O)CNC(=O)C2(C)C)c1. The summed E-state index contributed by atoms with van der Waals surface area (Å²) in [4.78, 5) is 25.6. The van der Waals surface area contributed by atoms with Crippen LogP contribution in [0.1, 0.15) is 30.5 Å². The van der Waals surface area contributed by atoms with Crippen molar-refractivity contribution in [3.63, 3.8) is 0 Å². The molecule has 19 heavy (non-hydrogen) atoms. The first-order valence-electron chi connectivity index (χ1n) is 6.47. The van der Waals surface area contributed by atoms with Crippen LogP contribution in [0.2, 0.25) is 0 Å². The van der Waals surface area contributed by atoms with Gasteiger partial charge in [-0.05, 0) is 38.8 Å². The van der Waals surface area contributed by atoms with E-state index in [1.807, 2.05) is 19.9 Å². The molecule has 0 spiro atoms. The van der Waals surface area contributed by atoms with Gasteiger partial charge in [-0.15, -0.1) is 0 Å². The van der Waals surface area contributed by atoms with E-state index >= 15 is 0 Å². The molecule has 0 radical (unpaired) electrons. The Morgan fingerprint density at radius 3 is 2.63 bits per heavy atom. The van der Waals surface area contributed by atoms with Gasteiger partial charge in [-0.2, -0.15) is 0 Å². The Kier molecular flexibility index (Phi) is 3.35. The molecule has 1 aromatic rings. The minimum Gasteiger partial charge on any atom is -0.345 e. The second-order valence-corrected chi connectivity index (χ2v) is 5.65. The van der Waals surface area contributed by atoms with E-state index < -0.39 is 5.54 Å². The number of hydrogen-bond acceptors (Lipinski definition) is 2. The molecule has 0 unspecified atom stereocenters. The zero-order valence-corrected chi connectivity index (χ0v) is 11.9. The standard InChI is InChI=1S/C15H20N2O2/c1-10-5-6-11(2)12(7-10)9-17-13(18)8-16-14(19)15(17,3)4/h5-7H,8-9H2,1-4H3,(H,16,19). The number of carbonyl (C=O) groups is 2. The fourth-order valence-electron chi connectivity index (χ4n) is 2.33. The van der Waals surface area contributed by atoms with Crippen LogP contribution in [-0.2, 0) is 16.1 Å². The molecule has 0 saturated carbocycles. The highest BCUT2D eigenvalue weighted by molar-refractivity contribution is 5.97. The molecule has 0 aliphatic carbocycles. The third-order valence-corrected chi connectivity index (χ3v) is 3.76. The second-order valence-electron chi connectivity index (χ2n) is 5.65. The maximum absolute atomic E-state index is 12.1. The molecule has 0 bridgehead atoms. The van der Waals surface area contributed by atoms with Crippen LogP contribution in [0.5, 0.6) is 0 Å². The molecule has 1 N–H and O–H groups in total. The van der Waals surface area contributed by atoms with E-state index in [0.717, 1.165) is 16.7 Å². The van der Waals surface area contributed by atoms with Crippen molar-refractivity contribution in [1.82, 2.24) is 10.2 Å². The van der Waals surface area contributed by atoms with Crippen LogP contribution >= 0.6 is 0 Å². The molecule has 1 heterocycles.